The van der Waals surface area contributed by atoms with E-state index in [0.717, 1.165) is 4.90 Å². The summed E-state index contributed by atoms with van der Waals surface area (Å²) < 4.78 is 5.48. The second kappa shape index (κ2) is 11.6. The molecule has 38 heavy (non-hydrogen) atoms. The Morgan fingerprint density at radius 1 is 0.868 bits per heavy atom. The summed E-state index contributed by atoms with van der Waals surface area (Å²) in [5.74, 6) is -2.26. The minimum Gasteiger partial charge on any atom is -0.481 e. The van der Waals surface area contributed by atoms with Gasteiger partial charge in [-0.05, 0) is 66.2 Å². The minimum absolute atomic E-state index is 0.0183. The zero-order chi connectivity index (χ0) is 27.6. The number of urea groups is 1. The number of imide groups is 2. The third-order valence-corrected chi connectivity index (χ3v) is 6.62. The van der Waals surface area contributed by atoms with Crippen molar-refractivity contribution in [3.8, 4) is 5.75 Å². The fourth-order valence-electron chi connectivity index (χ4n) is 3.35. The highest BCUT2D eigenvalue weighted by Gasteiger charge is 2.37. The first-order valence-corrected chi connectivity index (χ1v) is 12.5. The number of barbiturate groups is 1. The summed E-state index contributed by atoms with van der Waals surface area (Å²) in [4.78, 5) is 50.9. The second-order valence-electron chi connectivity index (χ2n) is 7.71. The third kappa shape index (κ3) is 6.23. The highest BCUT2D eigenvalue weighted by atomic mass is 35.5. The molecule has 13 heteroatoms. The van der Waals surface area contributed by atoms with Crippen molar-refractivity contribution in [2.24, 2.45) is 0 Å². The Kier molecular flexibility index (Phi) is 8.50. The Labute approximate surface area is 241 Å². The summed E-state index contributed by atoms with van der Waals surface area (Å²) in [5, 5.41) is 5.63. The Bertz CT molecular complexity index is 1480. The van der Waals surface area contributed by atoms with Crippen LogP contribution in [0, 0.1) is 0 Å². The second-order valence-corrected chi connectivity index (χ2v) is 9.78. The minimum atomic E-state index is -0.952. The maximum Gasteiger partial charge on any atom is 0.335 e. The Morgan fingerprint density at radius 3 is 2.16 bits per heavy atom. The van der Waals surface area contributed by atoms with Gasteiger partial charge in [-0.1, -0.05) is 58.0 Å². The van der Waals surface area contributed by atoms with Crippen molar-refractivity contribution in [1.29, 1.82) is 0 Å². The number of hydrogen-bond acceptors (Lipinski definition) is 5. The normalized spacial score (nSPS) is 14.5. The monoisotopic (exact) mass is 611 g/mol. The maximum atomic E-state index is 13.1. The van der Waals surface area contributed by atoms with Gasteiger partial charge in [-0.15, -0.1) is 0 Å². The number of carbonyl (C=O) groups excluding carboxylic acids is 4. The number of nitrogens with zero attached hydrogens (tertiary/aromatic N) is 1. The molecule has 5 amide bonds. The van der Waals surface area contributed by atoms with Gasteiger partial charge < -0.3 is 10.1 Å². The summed E-state index contributed by atoms with van der Waals surface area (Å²) >= 11 is 30.4. The molecular formula is C25H14Cl5N3O5. The summed E-state index contributed by atoms with van der Waals surface area (Å²) in [6.45, 7) is -0.399. The van der Waals surface area contributed by atoms with Gasteiger partial charge in [-0.25, -0.2) is 9.69 Å². The van der Waals surface area contributed by atoms with Gasteiger partial charge in [0.25, 0.3) is 17.7 Å². The molecule has 3 aromatic carbocycles. The summed E-state index contributed by atoms with van der Waals surface area (Å²) in [6.07, 6.45) is 1.21. The molecule has 4 rings (SSSR count). The molecule has 0 aromatic heterocycles. The van der Waals surface area contributed by atoms with E-state index in [1.54, 1.807) is 24.3 Å². The van der Waals surface area contributed by atoms with E-state index in [4.69, 9.17) is 62.7 Å². The average molecular weight is 614 g/mol. The van der Waals surface area contributed by atoms with Crippen LogP contribution in [0.2, 0.25) is 25.1 Å². The van der Waals surface area contributed by atoms with Crippen molar-refractivity contribution < 1.29 is 23.9 Å². The number of rotatable bonds is 6. The predicted octanol–water partition coefficient (Wildman–Crippen LogP) is 6.64. The zero-order valence-corrected chi connectivity index (χ0v) is 22.6. The van der Waals surface area contributed by atoms with Gasteiger partial charge >= 0.3 is 6.03 Å². The van der Waals surface area contributed by atoms with Crippen molar-refractivity contribution in [1.82, 2.24) is 5.32 Å². The average Bonchev–Trinajstić information content (AvgIpc) is 2.85. The molecule has 0 atom stereocenters. The lowest BCUT2D eigenvalue weighted by Crippen LogP contribution is -2.54. The molecule has 0 unspecified atom stereocenters. The molecule has 2 N–H and O–H groups in total. The van der Waals surface area contributed by atoms with Gasteiger partial charge in [0, 0.05) is 10.7 Å². The van der Waals surface area contributed by atoms with E-state index in [2.05, 4.69) is 10.6 Å². The highest BCUT2D eigenvalue weighted by molar-refractivity contribution is 6.43. The molecule has 194 valence electrons. The largest absolute Gasteiger partial charge is 0.481 e. The van der Waals surface area contributed by atoms with E-state index in [9.17, 15) is 19.2 Å². The van der Waals surface area contributed by atoms with Crippen molar-refractivity contribution in [2.45, 2.75) is 0 Å². The summed E-state index contributed by atoms with van der Waals surface area (Å²) in [6, 6.07) is 12.4. The van der Waals surface area contributed by atoms with Crippen LogP contribution in [0.3, 0.4) is 0 Å². The van der Waals surface area contributed by atoms with Gasteiger partial charge in [0.15, 0.2) is 12.4 Å². The van der Waals surface area contributed by atoms with Gasteiger partial charge in [0.2, 0.25) is 0 Å². The number of anilines is 2. The first kappa shape index (κ1) is 27.8. The van der Waals surface area contributed by atoms with Gasteiger partial charge in [0.1, 0.15) is 5.57 Å². The zero-order valence-electron chi connectivity index (χ0n) is 18.9. The molecule has 0 saturated carbocycles. The number of benzene rings is 3. The van der Waals surface area contributed by atoms with Crippen LogP contribution in [0.15, 0.2) is 60.2 Å². The van der Waals surface area contributed by atoms with E-state index in [-0.39, 0.29) is 42.7 Å². The molecule has 0 radical (unpaired) electrons. The fraction of sp³-hybridized carbons (Fsp3) is 0.0400. The van der Waals surface area contributed by atoms with E-state index in [0.29, 0.717) is 10.7 Å². The lowest BCUT2D eigenvalue weighted by molar-refractivity contribution is -0.122. The molecule has 1 fully saturated rings. The first-order chi connectivity index (χ1) is 18.0. The van der Waals surface area contributed by atoms with Crippen molar-refractivity contribution in [3.05, 3.63) is 90.8 Å². The maximum absolute atomic E-state index is 13.1. The van der Waals surface area contributed by atoms with Gasteiger partial charge in [-0.3, -0.25) is 19.7 Å². The van der Waals surface area contributed by atoms with Crippen LogP contribution in [0.4, 0.5) is 16.2 Å². The number of amides is 5. The first-order valence-electron chi connectivity index (χ1n) is 10.6. The van der Waals surface area contributed by atoms with Gasteiger partial charge in [0.05, 0.1) is 25.8 Å². The molecule has 1 saturated heterocycles. The quantitative estimate of drug-likeness (QED) is 0.240. The van der Waals surface area contributed by atoms with Crippen molar-refractivity contribution in [2.75, 3.05) is 16.8 Å². The lowest BCUT2D eigenvalue weighted by Gasteiger charge is -2.26. The van der Waals surface area contributed by atoms with Crippen molar-refractivity contribution in [3.63, 3.8) is 0 Å². The van der Waals surface area contributed by atoms with E-state index in [1.165, 1.54) is 36.4 Å². The molecular weight excluding hydrogens is 600 g/mol. The van der Waals surface area contributed by atoms with Crippen LogP contribution < -0.4 is 20.3 Å². The van der Waals surface area contributed by atoms with Crippen LogP contribution in [-0.2, 0) is 14.4 Å². The summed E-state index contributed by atoms with van der Waals surface area (Å²) in [5.41, 5.74) is 0.529. The van der Waals surface area contributed by atoms with Crippen LogP contribution in [-0.4, -0.2) is 30.4 Å². The Hall–Kier alpha value is -3.27. The van der Waals surface area contributed by atoms with Crippen molar-refractivity contribution >= 4 is 99.2 Å². The number of halogens is 5. The van der Waals surface area contributed by atoms with E-state index in [1.807, 2.05) is 0 Å². The molecule has 1 aliphatic rings. The Morgan fingerprint density at radius 2 is 1.53 bits per heavy atom. The lowest BCUT2D eigenvalue weighted by atomic mass is 10.1. The SMILES string of the molecule is O=C(COc1c(Cl)cc(/C=C2\C(=O)NC(=O)N(c3ccc(Cl)c(Cl)c3)C2=O)cc1Cl)Nc1ccc(Cl)cc1. The molecule has 1 aliphatic heterocycles. The number of ether oxygens (including phenoxy) is 1. The topological polar surface area (TPSA) is 105 Å². The number of hydrogen-bond donors (Lipinski definition) is 2. The molecule has 0 aliphatic carbocycles. The third-order valence-electron chi connectivity index (χ3n) is 5.07. The molecule has 8 nitrogen and oxygen atoms in total. The van der Waals surface area contributed by atoms with Crippen LogP contribution >= 0.6 is 58.0 Å². The number of carbonyl (C=O) groups is 4. The standard InChI is InChI=1S/C25H14Cl5N3O5/c26-13-1-3-14(4-2-13)31-21(34)11-38-22-19(29)8-12(9-20(22)30)7-16-23(35)32-25(37)33(24(16)36)15-5-6-17(27)18(28)10-15/h1-10H,11H2,(H,31,34)(H,32,35,37)/b16-7+. The molecule has 0 bridgehead atoms. The summed E-state index contributed by atoms with van der Waals surface area (Å²) in [7, 11) is 0. The molecule has 1 heterocycles. The van der Waals surface area contributed by atoms with E-state index < -0.39 is 30.4 Å². The fourth-order valence-corrected chi connectivity index (χ4v) is 4.38. The number of nitrogens with one attached hydrogen (secondary N) is 2. The Balaban J connectivity index is 1.53. The predicted molar refractivity (Wildman–Crippen MR) is 148 cm³/mol. The molecule has 3 aromatic rings. The van der Waals surface area contributed by atoms with E-state index >= 15 is 0 Å². The van der Waals surface area contributed by atoms with Crippen LogP contribution in [0.5, 0.6) is 5.75 Å². The van der Waals surface area contributed by atoms with Crippen LogP contribution in [0.25, 0.3) is 6.08 Å². The highest BCUT2D eigenvalue weighted by Crippen LogP contribution is 2.35. The smallest absolute Gasteiger partial charge is 0.335 e. The van der Waals surface area contributed by atoms with Gasteiger partial charge in [-0.2, -0.15) is 0 Å². The van der Waals surface area contributed by atoms with Crippen LogP contribution in [0.1, 0.15) is 5.56 Å². The molecule has 0 spiro atoms.